The van der Waals surface area contributed by atoms with Crippen molar-refractivity contribution in [2.75, 3.05) is 13.1 Å². The van der Waals surface area contributed by atoms with Crippen LogP contribution in [0.25, 0.3) is 0 Å². The average Bonchev–Trinajstić information content (AvgIpc) is 2.38. The van der Waals surface area contributed by atoms with Crippen LogP contribution < -0.4 is 10.6 Å². The third-order valence-electron chi connectivity index (χ3n) is 3.31. The van der Waals surface area contributed by atoms with Crippen LogP contribution in [0.1, 0.15) is 79.6 Å². The molecule has 2 N–H and O–H groups in total. The van der Waals surface area contributed by atoms with Gasteiger partial charge in [-0.3, -0.25) is 0 Å². The number of unbranched alkanes of at least 4 members (excludes halogenated alkanes) is 5. The minimum Gasteiger partial charge on any atom is -0.444 e. The minimum absolute atomic E-state index is 0.139. The molecule has 0 aliphatic carbocycles. The Hall–Kier alpha value is -0.770. The standard InChI is InChI=1S/C17H36N2O2/c1-6-8-9-10-11-12-13-18-14-15(7-2)19-16(20)21-17(3,4)5/h15,18H,6-14H2,1-5H3,(H,19,20). The molecular formula is C17H36N2O2. The van der Waals surface area contributed by atoms with Gasteiger partial charge >= 0.3 is 6.09 Å². The summed E-state index contributed by atoms with van der Waals surface area (Å²) in [5.74, 6) is 0. The Balaban J connectivity index is 3.64. The van der Waals surface area contributed by atoms with Crippen LogP contribution >= 0.6 is 0 Å². The van der Waals surface area contributed by atoms with E-state index in [2.05, 4.69) is 24.5 Å². The fourth-order valence-electron chi connectivity index (χ4n) is 2.08. The molecule has 0 aliphatic heterocycles. The highest BCUT2D eigenvalue weighted by Crippen LogP contribution is 2.07. The first kappa shape index (κ1) is 20.2. The van der Waals surface area contributed by atoms with E-state index in [1.807, 2.05) is 20.8 Å². The summed E-state index contributed by atoms with van der Waals surface area (Å²) in [5.41, 5.74) is -0.436. The van der Waals surface area contributed by atoms with Crippen LogP contribution in [0.15, 0.2) is 0 Å². The molecule has 0 aliphatic rings. The number of rotatable bonds is 11. The first-order chi connectivity index (χ1) is 9.89. The van der Waals surface area contributed by atoms with Crippen molar-refractivity contribution in [3.63, 3.8) is 0 Å². The van der Waals surface area contributed by atoms with Crippen LogP contribution in [0.4, 0.5) is 4.79 Å². The summed E-state index contributed by atoms with van der Waals surface area (Å²) < 4.78 is 5.27. The van der Waals surface area contributed by atoms with Crippen molar-refractivity contribution >= 4 is 6.09 Å². The van der Waals surface area contributed by atoms with Crippen molar-refractivity contribution in [3.05, 3.63) is 0 Å². The van der Waals surface area contributed by atoms with E-state index >= 15 is 0 Å². The zero-order chi connectivity index (χ0) is 16.1. The molecule has 4 nitrogen and oxygen atoms in total. The molecule has 0 fully saturated rings. The number of hydrogen-bond donors (Lipinski definition) is 2. The fourth-order valence-corrected chi connectivity index (χ4v) is 2.08. The third kappa shape index (κ3) is 13.9. The monoisotopic (exact) mass is 300 g/mol. The molecular weight excluding hydrogens is 264 g/mol. The van der Waals surface area contributed by atoms with Crippen molar-refractivity contribution in [1.29, 1.82) is 0 Å². The number of alkyl carbamates (subject to hydrolysis) is 1. The molecule has 0 heterocycles. The van der Waals surface area contributed by atoms with Crippen LogP contribution in [0.5, 0.6) is 0 Å². The highest BCUT2D eigenvalue weighted by molar-refractivity contribution is 5.68. The van der Waals surface area contributed by atoms with Crippen molar-refractivity contribution < 1.29 is 9.53 Å². The molecule has 21 heavy (non-hydrogen) atoms. The summed E-state index contributed by atoms with van der Waals surface area (Å²) in [7, 11) is 0. The number of carbonyl (C=O) groups excluding carboxylic acids is 1. The van der Waals surface area contributed by atoms with E-state index in [1.165, 1.54) is 38.5 Å². The Morgan fingerprint density at radius 1 is 1.05 bits per heavy atom. The fraction of sp³-hybridized carbons (Fsp3) is 0.941. The highest BCUT2D eigenvalue weighted by atomic mass is 16.6. The van der Waals surface area contributed by atoms with Gasteiger partial charge in [-0.15, -0.1) is 0 Å². The largest absolute Gasteiger partial charge is 0.444 e. The minimum atomic E-state index is -0.436. The van der Waals surface area contributed by atoms with Crippen molar-refractivity contribution in [1.82, 2.24) is 10.6 Å². The molecule has 0 saturated carbocycles. The van der Waals surface area contributed by atoms with Gasteiger partial charge in [0, 0.05) is 12.6 Å². The second-order valence-electron chi connectivity index (χ2n) is 6.72. The third-order valence-corrected chi connectivity index (χ3v) is 3.31. The quantitative estimate of drug-likeness (QED) is 0.561. The first-order valence-corrected chi connectivity index (χ1v) is 8.59. The highest BCUT2D eigenvalue weighted by Gasteiger charge is 2.18. The molecule has 0 spiro atoms. The van der Waals surface area contributed by atoms with E-state index in [0.717, 1.165) is 19.5 Å². The summed E-state index contributed by atoms with van der Waals surface area (Å²) in [6.07, 6.45) is 8.43. The predicted molar refractivity (Wildman–Crippen MR) is 89.7 cm³/mol. The number of nitrogens with one attached hydrogen (secondary N) is 2. The molecule has 0 aromatic carbocycles. The van der Waals surface area contributed by atoms with Crippen LogP contribution in [0, 0.1) is 0 Å². The molecule has 0 rings (SSSR count). The predicted octanol–water partition coefficient (Wildman–Crippen LogP) is 4.24. The number of ether oxygens (including phenoxy) is 1. The molecule has 1 atom stereocenters. The van der Waals surface area contributed by atoms with E-state index in [-0.39, 0.29) is 12.1 Å². The zero-order valence-electron chi connectivity index (χ0n) is 14.8. The molecule has 1 amide bonds. The summed E-state index contributed by atoms with van der Waals surface area (Å²) in [6, 6.07) is 0.139. The maximum Gasteiger partial charge on any atom is 0.407 e. The van der Waals surface area contributed by atoms with Gasteiger partial charge in [-0.05, 0) is 40.2 Å². The number of hydrogen-bond acceptors (Lipinski definition) is 3. The first-order valence-electron chi connectivity index (χ1n) is 8.59. The lowest BCUT2D eigenvalue weighted by Gasteiger charge is -2.23. The lowest BCUT2D eigenvalue weighted by Crippen LogP contribution is -2.44. The summed E-state index contributed by atoms with van der Waals surface area (Å²) in [4.78, 5) is 11.7. The smallest absolute Gasteiger partial charge is 0.407 e. The van der Waals surface area contributed by atoms with Gasteiger partial charge in [-0.1, -0.05) is 46.0 Å². The van der Waals surface area contributed by atoms with Gasteiger partial charge in [0.2, 0.25) is 0 Å². The van der Waals surface area contributed by atoms with Crippen molar-refractivity contribution in [2.24, 2.45) is 0 Å². The topological polar surface area (TPSA) is 50.4 Å². The molecule has 0 aromatic rings. The van der Waals surface area contributed by atoms with Crippen LogP contribution in [-0.4, -0.2) is 30.8 Å². The van der Waals surface area contributed by atoms with E-state index in [1.54, 1.807) is 0 Å². The van der Waals surface area contributed by atoms with Gasteiger partial charge in [0.05, 0.1) is 0 Å². The average molecular weight is 300 g/mol. The maximum absolute atomic E-state index is 11.7. The Labute approximate surface area is 131 Å². The van der Waals surface area contributed by atoms with E-state index in [4.69, 9.17) is 4.74 Å². The van der Waals surface area contributed by atoms with Gasteiger partial charge in [0.25, 0.3) is 0 Å². The summed E-state index contributed by atoms with van der Waals surface area (Å²) >= 11 is 0. The van der Waals surface area contributed by atoms with Crippen molar-refractivity contribution in [2.45, 2.75) is 91.2 Å². The number of amides is 1. The summed E-state index contributed by atoms with van der Waals surface area (Å²) in [6.45, 7) is 11.8. The molecule has 4 heteroatoms. The van der Waals surface area contributed by atoms with E-state index in [0.29, 0.717) is 0 Å². The molecule has 0 radical (unpaired) electrons. The number of carbonyl (C=O) groups is 1. The van der Waals surface area contributed by atoms with Gasteiger partial charge in [0.1, 0.15) is 5.60 Å². The van der Waals surface area contributed by atoms with Crippen LogP contribution in [-0.2, 0) is 4.74 Å². The second-order valence-corrected chi connectivity index (χ2v) is 6.72. The zero-order valence-corrected chi connectivity index (χ0v) is 14.8. The molecule has 1 unspecified atom stereocenters. The molecule has 0 bridgehead atoms. The lowest BCUT2D eigenvalue weighted by molar-refractivity contribution is 0.0502. The maximum atomic E-state index is 11.7. The normalized spacial score (nSPS) is 13.0. The molecule has 0 saturated heterocycles. The van der Waals surface area contributed by atoms with Gasteiger partial charge < -0.3 is 15.4 Å². The Morgan fingerprint density at radius 3 is 2.24 bits per heavy atom. The van der Waals surface area contributed by atoms with Crippen LogP contribution in [0.2, 0.25) is 0 Å². The van der Waals surface area contributed by atoms with Gasteiger partial charge in [0.15, 0.2) is 0 Å². The Morgan fingerprint density at radius 2 is 1.67 bits per heavy atom. The molecule has 126 valence electrons. The van der Waals surface area contributed by atoms with Gasteiger partial charge in [-0.2, -0.15) is 0 Å². The van der Waals surface area contributed by atoms with E-state index < -0.39 is 5.60 Å². The lowest BCUT2D eigenvalue weighted by atomic mass is 10.1. The van der Waals surface area contributed by atoms with Crippen LogP contribution in [0.3, 0.4) is 0 Å². The second kappa shape index (κ2) is 11.8. The Bertz CT molecular complexity index is 262. The Kier molecular flexibility index (Phi) is 11.4. The van der Waals surface area contributed by atoms with Gasteiger partial charge in [-0.25, -0.2) is 4.79 Å². The molecule has 0 aromatic heterocycles. The van der Waals surface area contributed by atoms with Crippen molar-refractivity contribution in [3.8, 4) is 0 Å². The SMILES string of the molecule is CCCCCCCCNCC(CC)NC(=O)OC(C)(C)C. The van der Waals surface area contributed by atoms with E-state index in [9.17, 15) is 4.79 Å². The summed E-state index contributed by atoms with van der Waals surface area (Å²) in [5, 5.41) is 6.34.